The van der Waals surface area contributed by atoms with Gasteiger partial charge >= 0.3 is 0 Å². The summed E-state index contributed by atoms with van der Waals surface area (Å²) in [5, 5.41) is 2.89. The third kappa shape index (κ3) is 3.25. The maximum absolute atomic E-state index is 13.8. The number of halogens is 4. The van der Waals surface area contributed by atoms with Gasteiger partial charge in [-0.05, 0) is 18.2 Å². The lowest BCUT2D eigenvalue weighted by Gasteiger charge is -2.12. The molecule has 0 radical (unpaired) electrons. The maximum atomic E-state index is 13.8. The van der Waals surface area contributed by atoms with Crippen molar-refractivity contribution < 1.29 is 13.6 Å². The molecule has 1 aliphatic rings. The van der Waals surface area contributed by atoms with E-state index < -0.39 is 23.5 Å². The van der Waals surface area contributed by atoms with Crippen molar-refractivity contribution in [2.75, 3.05) is 0 Å². The number of carbonyl (C=O) groups is 1. The molecule has 1 aromatic carbocycles. The molecule has 0 aliphatic carbocycles. The average molecular weight is 401 g/mol. The number of rotatable bonds is 3. The lowest BCUT2D eigenvalue weighted by Crippen LogP contribution is -2.29. The van der Waals surface area contributed by atoms with Crippen molar-refractivity contribution in [2.24, 2.45) is 4.99 Å². The molecule has 118 valence electrons. The number of hydrogen-bond donors (Lipinski definition) is 1. The molecule has 3 rings (SSSR count). The Balaban J connectivity index is 1.75. The normalized spacial score (nSPS) is 15.6. The molecule has 0 fully saturated rings. The van der Waals surface area contributed by atoms with Crippen LogP contribution < -0.4 is 5.32 Å². The van der Waals surface area contributed by atoms with Crippen molar-refractivity contribution >= 4 is 45.5 Å². The highest BCUT2D eigenvalue weighted by atomic mass is 79.9. The van der Waals surface area contributed by atoms with Gasteiger partial charge in [0.1, 0.15) is 17.6 Å². The Morgan fingerprint density at radius 1 is 1.30 bits per heavy atom. The molecule has 1 aromatic heterocycles. The summed E-state index contributed by atoms with van der Waals surface area (Å²) in [4.78, 5) is 20.3. The van der Waals surface area contributed by atoms with Gasteiger partial charge in [0.15, 0.2) is 5.82 Å². The molecule has 4 nitrogen and oxygen atoms in total. The summed E-state index contributed by atoms with van der Waals surface area (Å²) in [6.45, 7) is -0.266. The standard InChI is InChI=1S/C15H9BrClF2N3O/c16-7-1-12(18)11(13(19)2-7)6-22-15(23)10-5-21-14-9(10)3-8(17)4-20-14/h1-5,10H,6H2,(H,22,23). The van der Waals surface area contributed by atoms with Crippen molar-refractivity contribution in [1.82, 2.24) is 10.3 Å². The molecule has 0 saturated heterocycles. The molecule has 1 aliphatic heterocycles. The van der Waals surface area contributed by atoms with E-state index in [0.29, 0.717) is 20.9 Å². The molecule has 1 N–H and O–H groups in total. The first kappa shape index (κ1) is 16.0. The maximum Gasteiger partial charge on any atom is 0.233 e. The minimum atomic E-state index is -0.734. The number of fused-ring (bicyclic) bond motifs is 1. The van der Waals surface area contributed by atoms with Gasteiger partial charge in [-0.25, -0.2) is 18.8 Å². The summed E-state index contributed by atoms with van der Waals surface area (Å²) in [6.07, 6.45) is 2.86. The number of pyridine rings is 1. The van der Waals surface area contributed by atoms with Gasteiger partial charge in [-0.1, -0.05) is 27.5 Å². The van der Waals surface area contributed by atoms with Gasteiger partial charge in [0, 0.05) is 34.6 Å². The van der Waals surface area contributed by atoms with Crippen LogP contribution in [0.2, 0.25) is 5.02 Å². The Kier molecular flexibility index (Phi) is 4.41. The molecule has 1 amide bonds. The number of nitrogens with zero attached hydrogens (tertiary/aromatic N) is 2. The van der Waals surface area contributed by atoms with Gasteiger partial charge in [-0.15, -0.1) is 0 Å². The largest absolute Gasteiger partial charge is 0.351 e. The fraction of sp³-hybridized carbons (Fsp3) is 0.133. The predicted molar refractivity (Wildman–Crippen MR) is 86.0 cm³/mol. The van der Waals surface area contributed by atoms with Crippen LogP contribution in [-0.2, 0) is 11.3 Å². The zero-order valence-electron chi connectivity index (χ0n) is 11.5. The summed E-state index contributed by atoms with van der Waals surface area (Å²) in [6, 6.07) is 3.88. The van der Waals surface area contributed by atoms with Crippen LogP contribution in [-0.4, -0.2) is 17.1 Å². The van der Waals surface area contributed by atoms with Crippen LogP contribution in [0, 0.1) is 11.6 Å². The Bertz CT molecular complexity index is 805. The van der Waals surface area contributed by atoms with Gasteiger partial charge in [-0.3, -0.25) is 4.79 Å². The highest BCUT2D eigenvalue weighted by molar-refractivity contribution is 9.10. The molecular weight excluding hydrogens is 392 g/mol. The zero-order chi connectivity index (χ0) is 16.6. The van der Waals surface area contributed by atoms with E-state index in [1.807, 2.05) is 0 Å². The number of benzene rings is 1. The van der Waals surface area contributed by atoms with Gasteiger partial charge in [-0.2, -0.15) is 0 Å². The fourth-order valence-corrected chi connectivity index (χ4v) is 2.81. The highest BCUT2D eigenvalue weighted by Gasteiger charge is 2.27. The number of aromatic nitrogens is 1. The summed E-state index contributed by atoms with van der Waals surface area (Å²) < 4.78 is 27.8. The SMILES string of the molecule is O=C(NCc1c(F)cc(Br)cc1F)C1C=Nc2ncc(Cl)cc21. The minimum absolute atomic E-state index is 0.207. The van der Waals surface area contributed by atoms with Crippen LogP contribution in [0.15, 0.2) is 33.9 Å². The van der Waals surface area contributed by atoms with Crippen molar-refractivity contribution in [3.05, 3.63) is 56.7 Å². The van der Waals surface area contributed by atoms with Crippen molar-refractivity contribution in [2.45, 2.75) is 12.5 Å². The first-order valence-electron chi connectivity index (χ1n) is 6.56. The molecule has 2 heterocycles. The van der Waals surface area contributed by atoms with Crippen LogP contribution >= 0.6 is 27.5 Å². The molecule has 8 heteroatoms. The fourth-order valence-electron chi connectivity index (χ4n) is 2.25. The second-order valence-corrected chi connectivity index (χ2v) is 6.24. The molecule has 0 saturated carbocycles. The topological polar surface area (TPSA) is 54.4 Å². The number of hydrogen-bond acceptors (Lipinski definition) is 3. The highest BCUT2D eigenvalue weighted by Crippen LogP contribution is 2.32. The minimum Gasteiger partial charge on any atom is -0.351 e. The van der Waals surface area contributed by atoms with Crippen LogP contribution in [0.5, 0.6) is 0 Å². The number of carbonyl (C=O) groups excluding carboxylic acids is 1. The predicted octanol–water partition coefficient (Wildman–Crippen LogP) is 3.89. The second kappa shape index (κ2) is 6.33. The molecule has 1 unspecified atom stereocenters. The molecule has 23 heavy (non-hydrogen) atoms. The Morgan fingerprint density at radius 3 is 2.70 bits per heavy atom. The van der Waals surface area contributed by atoms with Gasteiger partial charge in [0.05, 0.1) is 5.02 Å². The molecule has 1 atom stereocenters. The zero-order valence-corrected chi connectivity index (χ0v) is 13.8. The monoisotopic (exact) mass is 399 g/mol. The van der Waals surface area contributed by atoms with Crippen LogP contribution in [0.25, 0.3) is 0 Å². The second-order valence-electron chi connectivity index (χ2n) is 4.89. The van der Waals surface area contributed by atoms with E-state index in [-0.39, 0.29) is 12.1 Å². The van der Waals surface area contributed by atoms with Crippen molar-refractivity contribution in [3.63, 3.8) is 0 Å². The van der Waals surface area contributed by atoms with Gasteiger partial charge in [0.25, 0.3) is 0 Å². The Labute approximate surface area is 143 Å². The first-order chi connectivity index (χ1) is 11.0. The summed E-state index contributed by atoms with van der Waals surface area (Å²) >= 11 is 8.87. The van der Waals surface area contributed by atoms with E-state index in [0.717, 1.165) is 12.1 Å². The van der Waals surface area contributed by atoms with E-state index in [2.05, 4.69) is 31.2 Å². The third-order valence-corrected chi connectivity index (χ3v) is 4.03. The molecule has 0 bridgehead atoms. The molecular formula is C15H9BrClF2N3O. The Morgan fingerprint density at radius 2 is 2.00 bits per heavy atom. The summed E-state index contributed by atoms with van der Waals surface area (Å²) in [5.41, 5.74) is 0.354. The lowest BCUT2D eigenvalue weighted by molar-refractivity contribution is -0.121. The summed E-state index contributed by atoms with van der Waals surface area (Å²) in [7, 11) is 0. The van der Waals surface area contributed by atoms with Crippen LogP contribution in [0.3, 0.4) is 0 Å². The van der Waals surface area contributed by atoms with Crippen molar-refractivity contribution in [1.29, 1.82) is 0 Å². The van der Waals surface area contributed by atoms with Crippen molar-refractivity contribution in [3.8, 4) is 0 Å². The lowest BCUT2D eigenvalue weighted by atomic mass is 10.0. The molecule has 2 aromatic rings. The summed E-state index contributed by atoms with van der Waals surface area (Å²) in [5.74, 6) is -2.17. The van der Waals surface area contributed by atoms with E-state index in [1.54, 1.807) is 6.07 Å². The average Bonchev–Trinajstić information content (AvgIpc) is 2.88. The van der Waals surface area contributed by atoms with E-state index in [9.17, 15) is 13.6 Å². The van der Waals surface area contributed by atoms with Crippen LogP contribution in [0.1, 0.15) is 17.0 Å². The van der Waals surface area contributed by atoms with E-state index in [1.165, 1.54) is 12.4 Å². The molecule has 0 spiro atoms. The van der Waals surface area contributed by atoms with Gasteiger partial charge in [0.2, 0.25) is 5.91 Å². The quantitative estimate of drug-likeness (QED) is 0.850. The van der Waals surface area contributed by atoms with Crippen LogP contribution in [0.4, 0.5) is 14.6 Å². The third-order valence-electron chi connectivity index (χ3n) is 3.37. The van der Waals surface area contributed by atoms with E-state index >= 15 is 0 Å². The number of aliphatic imine (C=N–C) groups is 1. The number of nitrogens with one attached hydrogen (secondary N) is 1. The Hall–Kier alpha value is -1.86. The number of amides is 1. The first-order valence-corrected chi connectivity index (χ1v) is 7.73. The van der Waals surface area contributed by atoms with Gasteiger partial charge < -0.3 is 5.32 Å². The van der Waals surface area contributed by atoms with E-state index in [4.69, 9.17) is 11.6 Å². The smallest absolute Gasteiger partial charge is 0.233 e.